The Morgan fingerprint density at radius 1 is 0.944 bits per heavy atom. The van der Waals surface area contributed by atoms with Crippen LogP contribution < -0.4 is 0 Å². The van der Waals surface area contributed by atoms with Crippen LogP contribution in [0.1, 0.15) is 11.4 Å². The summed E-state index contributed by atoms with van der Waals surface area (Å²) >= 11 is 0. The minimum atomic E-state index is 0.460. The summed E-state index contributed by atoms with van der Waals surface area (Å²) in [6.45, 7) is 0. The van der Waals surface area contributed by atoms with Gasteiger partial charge in [-0.25, -0.2) is 0 Å². The van der Waals surface area contributed by atoms with E-state index in [1.54, 1.807) is 6.20 Å². The van der Waals surface area contributed by atoms with Crippen LogP contribution in [0.25, 0.3) is 11.6 Å². The molecule has 0 N–H and O–H groups in total. The maximum atomic E-state index is 5.20. The molecule has 18 heavy (non-hydrogen) atoms. The molecular weight excluding hydrogens is 226 g/mol. The van der Waals surface area contributed by atoms with Gasteiger partial charge in [0, 0.05) is 12.6 Å². The molecule has 3 rings (SSSR count). The smallest absolute Gasteiger partial charge is 0.276 e. The third-order valence-electron chi connectivity index (χ3n) is 2.56. The molecule has 0 aliphatic carbocycles. The normalized spacial score (nSPS) is 10.4. The van der Waals surface area contributed by atoms with Crippen molar-refractivity contribution in [2.45, 2.75) is 6.42 Å². The Kier molecular flexibility index (Phi) is 2.84. The topological polar surface area (TPSA) is 51.8 Å². The Hall–Kier alpha value is -2.49. The zero-order valence-electron chi connectivity index (χ0n) is 9.65. The second-order valence-electron chi connectivity index (χ2n) is 3.89. The molecule has 0 atom stereocenters. The Bertz CT molecular complexity index is 620. The van der Waals surface area contributed by atoms with Crippen molar-refractivity contribution in [1.82, 2.24) is 15.1 Å². The number of benzene rings is 1. The van der Waals surface area contributed by atoms with Gasteiger partial charge in [0.25, 0.3) is 5.89 Å². The van der Waals surface area contributed by atoms with Crippen LogP contribution in [0.15, 0.2) is 59.3 Å². The molecule has 0 aliphatic heterocycles. The lowest BCUT2D eigenvalue weighted by Gasteiger charge is -1.94. The second kappa shape index (κ2) is 4.79. The Labute approximate surface area is 104 Å². The van der Waals surface area contributed by atoms with Gasteiger partial charge in [0.1, 0.15) is 5.69 Å². The Morgan fingerprint density at radius 2 is 1.78 bits per heavy atom. The van der Waals surface area contributed by atoms with Crippen LogP contribution in [-0.4, -0.2) is 15.1 Å². The molecule has 0 spiro atoms. The van der Waals surface area contributed by atoms with E-state index in [9.17, 15) is 0 Å². The molecule has 0 saturated heterocycles. The minimum absolute atomic E-state index is 0.460. The summed E-state index contributed by atoms with van der Waals surface area (Å²) in [6.07, 6.45) is 2.37. The number of pyridine rings is 1. The number of hydrogen-bond acceptors (Lipinski definition) is 4. The van der Waals surface area contributed by atoms with E-state index >= 15 is 0 Å². The summed E-state index contributed by atoms with van der Waals surface area (Å²) < 4.78 is 5.20. The predicted molar refractivity (Wildman–Crippen MR) is 66.8 cm³/mol. The average molecular weight is 237 g/mol. The van der Waals surface area contributed by atoms with Crippen molar-refractivity contribution in [2.24, 2.45) is 0 Å². The van der Waals surface area contributed by atoms with Crippen LogP contribution in [0.2, 0.25) is 0 Å². The van der Waals surface area contributed by atoms with Crippen molar-refractivity contribution in [3.8, 4) is 11.6 Å². The van der Waals surface area contributed by atoms with Gasteiger partial charge >= 0.3 is 0 Å². The third kappa shape index (κ3) is 2.27. The first-order valence-corrected chi connectivity index (χ1v) is 5.70. The van der Waals surface area contributed by atoms with Gasteiger partial charge in [-0.3, -0.25) is 4.98 Å². The summed E-state index contributed by atoms with van der Waals surface area (Å²) in [5.41, 5.74) is 1.86. The molecule has 3 aromatic rings. The van der Waals surface area contributed by atoms with Gasteiger partial charge in [0.05, 0.1) is 0 Å². The summed E-state index contributed by atoms with van der Waals surface area (Å²) in [6, 6.07) is 15.6. The van der Waals surface area contributed by atoms with Gasteiger partial charge < -0.3 is 4.52 Å². The molecule has 2 aromatic heterocycles. The summed E-state index contributed by atoms with van der Waals surface area (Å²) in [7, 11) is 0. The van der Waals surface area contributed by atoms with Crippen molar-refractivity contribution in [3.63, 3.8) is 0 Å². The molecule has 0 bridgehead atoms. The molecule has 4 nitrogen and oxygen atoms in total. The highest BCUT2D eigenvalue weighted by molar-refractivity contribution is 5.45. The van der Waals surface area contributed by atoms with Gasteiger partial charge in [0.2, 0.25) is 0 Å². The van der Waals surface area contributed by atoms with E-state index in [-0.39, 0.29) is 0 Å². The number of nitrogens with zero attached hydrogens (tertiary/aromatic N) is 3. The van der Waals surface area contributed by atoms with Crippen molar-refractivity contribution >= 4 is 0 Å². The first-order chi connectivity index (χ1) is 8.92. The molecular formula is C14H11N3O. The maximum absolute atomic E-state index is 5.20. The maximum Gasteiger partial charge on any atom is 0.276 e. The van der Waals surface area contributed by atoms with Crippen LogP contribution in [0.3, 0.4) is 0 Å². The van der Waals surface area contributed by atoms with Crippen molar-refractivity contribution in [2.75, 3.05) is 0 Å². The molecule has 0 fully saturated rings. The quantitative estimate of drug-likeness (QED) is 0.702. The van der Waals surface area contributed by atoms with Gasteiger partial charge in [-0.1, -0.05) is 41.6 Å². The van der Waals surface area contributed by atoms with Gasteiger partial charge in [0.15, 0.2) is 5.82 Å². The third-order valence-corrected chi connectivity index (χ3v) is 2.56. The molecule has 0 amide bonds. The average Bonchev–Trinajstić information content (AvgIpc) is 2.89. The van der Waals surface area contributed by atoms with E-state index in [1.807, 2.05) is 48.5 Å². The molecule has 2 heterocycles. The van der Waals surface area contributed by atoms with Crippen molar-refractivity contribution in [1.29, 1.82) is 0 Å². The van der Waals surface area contributed by atoms with Crippen LogP contribution in [0.4, 0.5) is 0 Å². The zero-order chi connectivity index (χ0) is 12.2. The van der Waals surface area contributed by atoms with Crippen LogP contribution in [0.5, 0.6) is 0 Å². The highest BCUT2D eigenvalue weighted by atomic mass is 16.5. The van der Waals surface area contributed by atoms with E-state index in [4.69, 9.17) is 4.52 Å². The highest BCUT2D eigenvalue weighted by Crippen LogP contribution is 2.14. The van der Waals surface area contributed by atoms with E-state index in [2.05, 4.69) is 15.1 Å². The molecule has 88 valence electrons. The van der Waals surface area contributed by atoms with E-state index in [0.29, 0.717) is 23.8 Å². The largest absolute Gasteiger partial charge is 0.332 e. The fourth-order valence-corrected chi connectivity index (χ4v) is 1.70. The fraction of sp³-hybridized carbons (Fsp3) is 0.0714. The van der Waals surface area contributed by atoms with Crippen molar-refractivity contribution < 1.29 is 4.52 Å². The Morgan fingerprint density at radius 3 is 2.56 bits per heavy atom. The fourth-order valence-electron chi connectivity index (χ4n) is 1.70. The van der Waals surface area contributed by atoms with Crippen LogP contribution >= 0.6 is 0 Å². The molecule has 0 saturated carbocycles. The highest BCUT2D eigenvalue weighted by Gasteiger charge is 2.09. The molecule has 0 radical (unpaired) electrons. The number of hydrogen-bond donors (Lipinski definition) is 0. The predicted octanol–water partition coefficient (Wildman–Crippen LogP) is 2.72. The molecule has 4 heteroatoms. The first-order valence-electron chi connectivity index (χ1n) is 5.70. The lowest BCUT2D eigenvalue weighted by atomic mass is 10.1. The van der Waals surface area contributed by atoms with Crippen LogP contribution in [-0.2, 0) is 6.42 Å². The number of rotatable bonds is 3. The first kappa shape index (κ1) is 10.7. The second-order valence-corrected chi connectivity index (χ2v) is 3.89. The SMILES string of the molecule is c1ccc(Cc2noc(-c3ccccn3)n2)cc1. The standard InChI is InChI=1S/C14H11N3O/c1-2-6-11(7-3-1)10-13-16-14(18-17-13)12-8-4-5-9-15-12/h1-9H,10H2. The summed E-state index contributed by atoms with van der Waals surface area (Å²) in [4.78, 5) is 8.51. The molecule has 1 aromatic carbocycles. The monoisotopic (exact) mass is 237 g/mol. The van der Waals surface area contributed by atoms with E-state index in [1.165, 1.54) is 0 Å². The van der Waals surface area contributed by atoms with E-state index in [0.717, 1.165) is 5.56 Å². The molecule has 0 unspecified atom stereocenters. The van der Waals surface area contributed by atoms with E-state index < -0.39 is 0 Å². The van der Waals surface area contributed by atoms with Crippen molar-refractivity contribution in [3.05, 3.63) is 66.1 Å². The van der Waals surface area contributed by atoms with Crippen LogP contribution in [0, 0.1) is 0 Å². The number of aromatic nitrogens is 3. The Balaban J connectivity index is 1.82. The summed E-state index contributed by atoms with van der Waals surface area (Å²) in [5, 5.41) is 3.96. The lowest BCUT2D eigenvalue weighted by Crippen LogP contribution is -1.90. The lowest BCUT2D eigenvalue weighted by molar-refractivity contribution is 0.422. The summed E-state index contributed by atoms with van der Waals surface area (Å²) in [5.74, 6) is 1.13. The minimum Gasteiger partial charge on any atom is -0.332 e. The van der Waals surface area contributed by atoms with Gasteiger partial charge in [-0.15, -0.1) is 0 Å². The van der Waals surface area contributed by atoms with Gasteiger partial charge in [-0.05, 0) is 17.7 Å². The zero-order valence-corrected chi connectivity index (χ0v) is 9.65. The van der Waals surface area contributed by atoms with Gasteiger partial charge in [-0.2, -0.15) is 4.98 Å². The molecule has 0 aliphatic rings.